The van der Waals surface area contributed by atoms with E-state index in [1.807, 2.05) is 0 Å². The number of halogens is 2. The van der Waals surface area contributed by atoms with Crippen molar-refractivity contribution in [3.05, 3.63) is 28.8 Å². The van der Waals surface area contributed by atoms with E-state index in [1.165, 1.54) is 18.2 Å². The van der Waals surface area contributed by atoms with Crippen LogP contribution in [0.3, 0.4) is 0 Å². The van der Waals surface area contributed by atoms with Crippen molar-refractivity contribution in [1.29, 1.82) is 0 Å². The zero-order valence-corrected chi connectivity index (χ0v) is 13.7. The standard InChI is InChI=1S/C13H15Cl2NO4S/c1-20-7-6-16(10-3-4-10)13(17)9-2-5-11(14)12(8-9)21(15,18)19/h2,5,8,10H,3-4,6-7H2,1H3. The Morgan fingerprint density at radius 3 is 2.62 bits per heavy atom. The first kappa shape index (κ1) is 16.5. The van der Waals surface area contributed by atoms with Gasteiger partial charge in [0.1, 0.15) is 4.90 Å². The van der Waals surface area contributed by atoms with Crippen LogP contribution in [0.1, 0.15) is 23.2 Å². The molecule has 1 saturated carbocycles. The molecule has 2 rings (SSSR count). The third-order valence-corrected chi connectivity index (χ3v) is 5.03. The van der Waals surface area contributed by atoms with Gasteiger partial charge in [-0.15, -0.1) is 0 Å². The summed E-state index contributed by atoms with van der Waals surface area (Å²) < 4.78 is 27.9. The highest BCUT2D eigenvalue weighted by Crippen LogP contribution is 2.30. The van der Waals surface area contributed by atoms with Crippen LogP contribution in [-0.2, 0) is 13.8 Å². The minimum Gasteiger partial charge on any atom is -0.383 e. The normalized spacial score (nSPS) is 15.0. The van der Waals surface area contributed by atoms with Crippen LogP contribution in [-0.4, -0.2) is 45.5 Å². The molecule has 5 nitrogen and oxygen atoms in total. The van der Waals surface area contributed by atoms with E-state index in [0.717, 1.165) is 12.8 Å². The van der Waals surface area contributed by atoms with Crippen LogP contribution in [0.2, 0.25) is 5.02 Å². The average Bonchev–Trinajstić information content (AvgIpc) is 3.22. The molecule has 0 saturated heterocycles. The molecule has 0 radical (unpaired) electrons. The number of amides is 1. The Balaban J connectivity index is 2.29. The molecule has 116 valence electrons. The van der Waals surface area contributed by atoms with Crippen molar-refractivity contribution in [2.45, 2.75) is 23.8 Å². The fourth-order valence-electron chi connectivity index (χ4n) is 2.01. The van der Waals surface area contributed by atoms with Gasteiger partial charge in [-0.2, -0.15) is 0 Å². The summed E-state index contributed by atoms with van der Waals surface area (Å²) in [5.74, 6) is -0.243. The maximum Gasteiger partial charge on any atom is 0.262 e. The molecule has 0 spiro atoms. The van der Waals surface area contributed by atoms with Crippen LogP contribution in [0.4, 0.5) is 0 Å². The highest BCUT2D eigenvalue weighted by molar-refractivity contribution is 8.13. The molecule has 8 heteroatoms. The molecule has 1 aliphatic carbocycles. The monoisotopic (exact) mass is 351 g/mol. The summed E-state index contributed by atoms with van der Waals surface area (Å²) in [6.45, 7) is 0.891. The lowest BCUT2D eigenvalue weighted by molar-refractivity contribution is 0.0680. The van der Waals surface area contributed by atoms with Gasteiger partial charge in [0.25, 0.3) is 15.0 Å². The summed E-state index contributed by atoms with van der Waals surface area (Å²) in [4.78, 5) is 14.0. The molecule has 1 aromatic carbocycles. The molecule has 0 aliphatic heterocycles. The van der Waals surface area contributed by atoms with E-state index in [9.17, 15) is 13.2 Å². The fraction of sp³-hybridized carbons (Fsp3) is 0.462. The lowest BCUT2D eigenvalue weighted by atomic mass is 10.2. The van der Waals surface area contributed by atoms with Gasteiger partial charge >= 0.3 is 0 Å². The predicted molar refractivity (Wildman–Crippen MR) is 80.4 cm³/mol. The number of carbonyl (C=O) groups is 1. The third kappa shape index (κ3) is 4.10. The number of hydrogen-bond acceptors (Lipinski definition) is 4. The Kier molecular flexibility index (Phi) is 5.14. The maximum atomic E-state index is 12.5. The summed E-state index contributed by atoms with van der Waals surface area (Å²) in [6.07, 6.45) is 1.90. The summed E-state index contributed by atoms with van der Waals surface area (Å²) in [6, 6.07) is 4.28. The first-order valence-electron chi connectivity index (χ1n) is 6.38. The zero-order valence-electron chi connectivity index (χ0n) is 11.4. The lowest BCUT2D eigenvalue weighted by Gasteiger charge is -2.22. The quantitative estimate of drug-likeness (QED) is 0.738. The third-order valence-electron chi connectivity index (χ3n) is 3.23. The molecular weight excluding hydrogens is 337 g/mol. The Morgan fingerprint density at radius 1 is 1.43 bits per heavy atom. The first-order valence-corrected chi connectivity index (χ1v) is 9.07. The molecular formula is C13H15Cl2NO4S. The fourth-order valence-corrected chi connectivity index (χ4v) is 3.51. The first-order chi connectivity index (χ1) is 9.84. The number of carbonyl (C=O) groups excluding carboxylic acids is 1. The molecule has 0 unspecified atom stereocenters. The van der Waals surface area contributed by atoms with Crippen LogP contribution < -0.4 is 0 Å². The highest BCUT2D eigenvalue weighted by atomic mass is 35.7. The van der Waals surface area contributed by atoms with E-state index in [1.54, 1.807) is 12.0 Å². The number of hydrogen-bond donors (Lipinski definition) is 0. The van der Waals surface area contributed by atoms with Gasteiger partial charge in [0.2, 0.25) is 0 Å². The molecule has 1 fully saturated rings. The second-order valence-electron chi connectivity index (χ2n) is 4.81. The minimum absolute atomic E-state index is 0.00332. The summed E-state index contributed by atoms with van der Waals surface area (Å²) in [7, 11) is 2.89. The van der Waals surface area contributed by atoms with E-state index in [2.05, 4.69) is 0 Å². The van der Waals surface area contributed by atoms with Crippen LogP contribution in [0.5, 0.6) is 0 Å². The largest absolute Gasteiger partial charge is 0.383 e. The summed E-state index contributed by atoms with van der Waals surface area (Å²) >= 11 is 5.82. The van der Waals surface area contributed by atoms with Crippen molar-refractivity contribution >= 4 is 37.2 Å². The van der Waals surface area contributed by atoms with Crippen LogP contribution >= 0.6 is 22.3 Å². The number of nitrogens with zero attached hydrogens (tertiary/aromatic N) is 1. The van der Waals surface area contributed by atoms with E-state index in [0.29, 0.717) is 13.2 Å². The minimum atomic E-state index is -3.99. The molecule has 0 aromatic heterocycles. The number of methoxy groups -OCH3 is 1. The van der Waals surface area contributed by atoms with Gasteiger partial charge in [0.15, 0.2) is 0 Å². The van der Waals surface area contributed by atoms with Crippen LogP contribution in [0, 0.1) is 0 Å². The second-order valence-corrected chi connectivity index (χ2v) is 7.75. The van der Waals surface area contributed by atoms with Gasteiger partial charge in [-0.05, 0) is 31.0 Å². The van der Waals surface area contributed by atoms with E-state index < -0.39 is 9.05 Å². The van der Waals surface area contributed by atoms with Crippen LogP contribution in [0.15, 0.2) is 23.1 Å². The smallest absolute Gasteiger partial charge is 0.262 e. The van der Waals surface area contributed by atoms with Gasteiger partial charge in [0, 0.05) is 35.9 Å². The van der Waals surface area contributed by atoms with E-state index in [4.69, 9.17) is 27.0 Å². The average molecular weight is 352 g/mol. The van der Waals surface area contributed by atoms with E-state index in [-0.39, 0.29) is 27.4 Å². The number of rotatable bonds is 6. The van der Waals surface area contributed by atoms with Gasteiger partial charge in [-0.25, -0.2) is 8.42 Å². The molecule has 1 aromatic rings. The van der Waals surface area contributed by atoms with Crippen molar-refractivity contribution < 1.29 is 17.9 Å². The van der Waals surface area contributed by atoms with Crippen molar-refractivity contribution in [2.24, 2.45) is 0 Å². The highest BCUT2D eigenvalue weighted by Gasteiger charge is 2.33. The van der Waals surface area contributed by atoms with Gasteiger partial charge in [-0.1, -0.05) is 11.6 Å². The van der Waals surface area contributed by atoms with Crippen molar-refractivity contribution in [3.8, 4) is 0 Å². The van der Waals surface area contributed by atoms with Crippen molar-refractivity contribution in [1.82, 2.24) is 4.90 Å². The second kappa shape index (κ2) is 6.52. The van der Waals surface area contributed by atoms with Gasteiger partial charge < -0.3 is 9.64 Å². The molecule has 1 amide bonds. The maximum absolute atomic E-state index is 12.5. The van der Waals surface area contributed by atoms with Crippen molar-refractivity contribution in [2.75, 3.05) is 20.3 Å². The summed E-state index contributed by atoms with van der Waals surface area (Å²) in [5, 5.41) is -0.00332. The van der Waals surface area contributed by atoms with Crippen molar-refractivity contribution in [3.63, 3.8) is 0 Å². The molecule has 21 heavy (non-hydrogen) atoms. The molecule has 0 N–H and O–H groups in total. The topological polar surface area (TPSA) is 63.7 Å². The Morgan fingerprint density at radius 2 is 2.10 bits per heavy atom. The van der Waals surface area contributed by atoms with Crippen LogP contribution in [0.25, 0.3) is 0 Å². The van der Waals surface area contributed by atoms with Gasteiger partial charge in [-0.3, -0.25) is 4.79 Å². The number of benzene rings is 1. The molecule has 0 atom stereocenters. The molecule has 0 bridgehead atoms. The number of ether oxygens (including phenoxy) is 1. The Hall–Kier alpha value is -0.820. The SMILES string of the molecule is COCCN(C(=O)c1ccc(Cl)c(S(=O)(=O)Cl)c1)C1CC1. The summed E-state index contributed by atoms with van der Waals surface area (Å²) in [5.41, 5.74) is 0.252. The van der Waals surface area contributed by atoms with E-state index >= 15 is 0 Å². The predicted octanol–water partition coefficient (Wildman–Crippen LogP) is 2.52. The van der Waals surface area contributed by atoms with Gasteiger partial charge in [0.05, 0.1) is 11.6 Å². The molecule has 1 aliphatic rings. The Labute approximate surface area is 133 Å². The Bertz CT molecular complexity index is 644. The lowest BCUT2D eigenvalue weighted by Crippen LogP contribution is -2.35. The zero-order chi connectivity index (χ0) is 15.6. The molecule has 0 heterocycles.